The van der Waals surface area contributed by atoms with Crippen molar-refractivity contribution in [3.05, 3.63) is 53.9 Å². The largest absolute Gasteiger partial charge is 0.445 e. The van der Waals surface area contributed by atoms with Crippen molar-refractivity contribution in [2.24, 2.45) is 0 Å². The number of aryl methyl sites for hydroxylation is 2. The number of nitrogens with zero attached hydrogens (tertiary/aromatic N) is 2. The minimum absolute atomic E-state index is 0.0636. The molecule has 5 heteroatoms. The standard InChI is InChI=1S/C20H23N3O2/c1-13-16(25-19(22-13)20(2,3)4)10-11-17(24)23-15-9-5-7-14-8-6-12-21-18(14)15/h5-9,12H,10-11H2,1-4H3,(H,23,24). The van der Waals surface area contributed by atoms with Crippen molar-refractivity contribution in [3.8, 4) is 0 Å². The number of carbonyl (C=O) groups excluding carboxylic acids is 1. The summed E-state index contributed by atoms with van der Waals surface area (Å²) in [6, 6.07) is 9.61. The van der Waals surface area contributed by atoms with Gasteiger partial charge in [-0.3, -0.25) is 9.78 Å². The minimum atomic E-state index is -0.139. The zero-order valence-electron chi connectivity index (χ0n) is 15.1. The highest BCUT2D eigenvalue weighted by Crippen LogP contribution is 2.25. The van der Waals surface area contributed by atoms with Crippen molar-refractivity contribution in [3.63, 3.8) is 0 Å². The van der Waals surface area contributed by atoms with Gasteiger partial charge >= 0.3 is 0 Å². The van der Waals surface area contributed by atoms with Crippen molar-refractivity contribution in [2.45, 2.75) is 46.0 Å². The molecule has 3 aromatic rings. The number of carbonyl (C=O) groups is 1. The van der Waals surface area contributed by atoms with Gasteiger partial charge in [0.25, 0.3) is 0 Å². The number of hydrogen-bond acceptors (Lipinski definition) is 4. The summed E-state index contributed by atoms with van der Waals surface area (Å²) < 4.78 is 5.85. The van der Waals surface area contributed by atoms with Crippen molar-refractivity contribution < 1.29 is 9.21 Å². The molecule has 1 N–H and O–H groups in total. The van der Waals surface area contributed by atoms with Crippen LogP contribution in [-0.2, 0) is 16.6 Å². The lowest BCUT2D eigenvalue weighted by Gasteiger charge is -2.12. The van der Waals surface area contributed by atoms with E-state index in [9.17, 15) is 4.79 Å². The van der Waals surface area contributed by atoms with E-state index < -0.39 is 0 Å². The zero-order valence-corrected chi connectivity index (χ0v) is 15.1. The molecule has 130 valence electrons. The van der Waals surface area contributed by atoms with E-state index >= 15 is 0 Å². The molecule has 0 spiro atoms. The van der Waals surface area contributed by atoms with Crippen LogP contribution in [0.3, 0.4) is 0 Å². The van der Waals surface area contributed by atoms with E-state index in [0.29, 0.717) is 18.7 Å². The van der Waals surface area contributed by atoms with Gasteiger partial charge in [0.05, 0.1) is 16.9 Å². The Kier molecular flexibility index (Phi) is 4.57. The first-order valence-electron chi connectivity index (χ1n) is 8.45. The molecular formula is C20H23N3O2. The van der Waals surface area contributed by atoms with Crippen LogP contribution < -0.4 is 5.32 Å². The Morgan fingerprint density at radius 2 is 1.96 bits per heavy atom. The summed E-state index contributed by atoms with van der Waals surface area (Å²) in [7, 11) is 0. The van der Waals surface area contributed by atoms with Crippen molar-refractivity contribution in [2.75, 3.05) is 5.32 Å². The summed E-state index contributed by atoms with van der Waals surface area (Å²) in [5.41, 5.74) is 2.24. The van der Waals surface area contributed by atoms with Crippen LogP contribution in [0.4, 0.5) is 5.69 Å². The van der Waals surface area contributed by atoms with Gasteiger partial charge in [0.1, 0.15) is 5.76 Å². The fourth-order valence-electron chi connectivity index (χ4n) is 2.63. The van der Waals surface area contributed by atoms with Gasteiger partial charge < -0.3 is 9.73 Å². The molecule has 0 saturated heterocycles. The first-order chi connectivity index (χ1) is 11.8. The second kappa shape index (κ2) is 6.67. The Hall–Kier alpha value is -2.69. The average Bonchev–Trinajstić information content (AvgIpc) is 2.95. The predicted octanol–water partition coefficient (Wildman–Crippen LogP) is 4.40. The van der Waals surface area contributed by atoms with Crippen LogP contribution in [0.15, 0.2) is 40.9 Å². The number of oxazole rings is 1. The van der Waals surface area contributed by atoms with Gasteiger partial charge in [0, 0.05) is 29.8 Å². The van der Waals surface area contributed by atoms with Crippen LogP contribution in [0.25, 0.3) is 10.9 Å². The number of para-hydroxylation sites is 1. The van der Waals surface area contributed by atoms with Crippen LogP contribution in [-0.4, -0.2) is 15.9 Å². The quantitative estimate of drug-likeness (QED) is 0.766. The second-order valence-corrected chi connectivity index (χ2v) is 7.21. The average molecular weight is 337 g/mol. The maximum Gasteiger partial charge on any atom is 0.224 e. The summed E-state index contributed by atoms with van der Waals surface area (Å²) in [6.45, 7) is 8.09. The van der Waals surface area contributed by atoms with Gasteiger partial charge in [0.15, 0.2) is 5.89 Å². The lowest BCUT2D eigenvalue weighted by Crippen LogP contribution is -2.13. The van der Waals surface area contributed by atoms with Crippen LogP contribution in [0.5, 0.6) is 0 Å². The third-order valence-corrected chi connectivity index (χ3v) is 4.02. The van der Waals surface area contributed by atoms with Crippen LogP contribution in [0.1, 0.15) is 44.5 Å². The number of anilines is 1. The van der Waals surface area contributed by atoms with E-state index in [-0.39, 0.29) is 11.3 Å². The van der Waals surface area contributed by atoms with E-state index in [2.05, 4.69) is 36.1 Å². The molecule has 2 heterocycles. The van der Waals surface area contributed by atoms with Crippen molar-refractivity contribution >= 4 is 22.5 Å². The fourth-order valence-corrected chi connectivity index (χ4v) is 2.63. The highest BCUT2D eigenvalue weighted by molar-refractivity contribution is 6.00. The van der Waals surface area contributed by atoms with E-state index in [4.69, 9.17) is 4.42 Å². The van der Waals surface area contributed by atoms with Gasteiger partial charge in [-0.2, -0.15) is 0 Å². The summed E-state index contributed by atoms with van der Waals surface area (Å²) >= 11 is 0. The Labute approximate surface area is 147 Å². The topological polar surface area (TPSA) is 68.0 Å². The third kappa shape index (κ3) is 3.87. The second-order valence-electron chi connectivity index (χ2n) is 7.21. The van der Waals surface area contributed by atoms with Gasteiger partial charge in [-0.15, -0.1) is 0 Å². The first kappa shape index (κ1) is 17.1. The summed E-state index contributed by atoms with van der Waals surface area (Å²) in [5, 5.41) is 3.95. The molecule has 0 fully saturated rings. The molecule has 0 bridgehead atoms. The zero-order chi connectivity index (χ0) is 18.0. The highest BCUT2D eigenvalue weighted by atomic mass is 16.4. The minimum Gasteiger partial charge on any atom is -0.445 e. The summed E-state index contributed by atoms with van der Waals surface area (Å²) in [6.07, 6.45) is 2.59. The number of fused-ring (bicyclic) bond motifs is 1. The lowest BCUT2D eigenvalue weighted by atomic mass is 9.97. The van der Waals surface area contributed by atoms with Crippen LogP contribution >= 0.6 is 0 Å². The molecule has 0 atom stereocenters. The number of benzene rings is 1. The Balaban J connectivity index is 1.68. The SMILES string of the molecule is Cc1nc(C(C)(C)C)oc1CCC(=O)Nc1cccc2cccnc12. The van der Waals surface area contributed by atoms with E-state index in [0.717, 1.165) is 28.0 Å². The van der Waals surface area contributed by atoms with Gasteiger partial charge in [-0.25, -0.2) is 4.98 Å². The molecule has 25 heavy (non-hydrogen) atoms. The maximum atomic E-state index is 12.3. The third-order valence-electron chi connectivity index (χ3n) is 4.02. The molecule has 0 saturated carbocycles. The molecular weight excluding hydrogens is 314 g/mol. The van der Waals surface area contributed by atoms with Crippen LogP contribution in [0.2, 0.25) is 0 Å². The van der Waals surface area contributed by atoms with E-state index in [1.54, 1.807) is 6.20 Å². The molecule has 1 aromatic carbocycles. The molecule has 2 aromatic heterocycles. The Morgan fingerprint density at radius 1 is 1.20 bits per heavy atom. The maximum absolute atomic E-state index is 12.3. The number of amides is 1. The Bertz CT molecular complexity index is 901. The first-order valence-corrected chi connectivity index (χ1v) is 8.45. The summed E-state index contributed by atoms with van der Waals surface area (Å²) in [5.74, 6) is 1.42. The highest BCUT2D eigenvalue weighted by Gasteiger charge is 2.22. The number of pyridine rings is 1. The molecule has 1 amide bonds. The van der Waals surface area contributed by atoms with E-state index in [1.807, 2.05) is 37.3 Å². The van der Waals surface area contributed by atoms with Crippen molar-refractivity contribution in [1.82, 2.24) is 9.97 Å². The van der Waals surface area contributed by atoms with Gasteiger partial charge in [-0.1, -0.05) is 39.0 Å². The molecule has 3 rings (SSSR count). The smallest absolute Gasteiger partial charge is 0.224 e. The molecule has 0 aliphatic heterocycles. The van der Waals surface area contributed by atoms with Crippen molar-refractivity contribution in [1.29, 1.82) is 0 Å². The number of aromatic nitrogens is 2. The molecule has 0 radical (unpaired) electrons. The number of nitrogens with one attached hydrogen (secondary N) is 1. The monoisotopic (exact) mass is 337 g/mol. The fraction of sp³-hybridized carbons (Fsp3) is 0.350. The van der Waals surface area contributed by atoms with Crippen LogP contribution in [0, 0.1) is 6.92 Å². The number of hydrogen-bond donors (Lipinski definition) is 1. The molecule has 5 nitrogen and oxygen atoms in total. The normalized spacial score (nSPS) is 11.7. The molecule has 0 unspecified atom stereocenters. The number of rotatable bonds is 4. The molecule has 0 aliphatic rings. The van der Waals surface area contributed by atoms with Gasteiger partial charge in [0.2, 0.25) is 5.91 Å². The lowest BCUT2D eigenvalue weighted by molar-refractivity contribution is -0.116. The van der Waals surface area contributed by atoms with Gasteiger partial charge in [-0.05, 0) is 19.1 Å². The molecule has 0 aliphatic carbocycles. The Morgan fingerprint density at radius 3 is 2.68 bits per heavy atom. The summed E-state index contributed by atoms with van der Waals surface area (Å²) in [4.78, 5) is 21.2. The predicted molar refractivity (Wildman–Crippen MR) is 98.6 cm³/mol. The van der Waals surface area contributed by atoms with E-state index in [1.165, 1.54) is 0 Å².